The Morgan fingerprint density at radius 3 is 3.00 bits per heavy atom. The molecule has 0 unspecified atom stereocenters. The van der Waals surface area contributed by atoms with Crippen LogP contribution >= 0.6 is 27.5 Å². The van der Waals surface area contributed by atoms with Crippen molar-refractivity contribution in [3.63, 3.8) is 0 Å². The number of methoxy groups -OCH3 is 1. The molecule has 0 aliphatic carbocycles. The number of fused-ring (bicyclic) bond motifs is 1. The van der Waals surface area contributed by atoms with E-state index < -0.39 is 0 Å². The maximum atomic E-state index is 5.93. The van der Waals surface area contributed by atoms with Gasteiger partial charge in [0.25, 0.3) is 0 Å². The molecule has 1 aromatic carbocycles. The van der Waals surface area contributed by atoms with Crippen LogP contribution in [0.5, 0.6) is 0 Å². The van der Waals surface area contributed by atoms with Gasteiger partial charge in [0.15, 0.2) is 0 Å². The third-order valence-corrected chi connectivity index (χ3v) is 3.37. The van der Waals surface area contributed by atoms with Gasteiger partial charge in [-0.2, -0.15) is 0 Å². The van der Waals surface area contributed by atoms with Gasteiger partial charge in [0, 0.05) is 24.7 Å². The first-order valence-electron chi connectivity index (χ1n) is 5.46. The van der Waals surface area contributed by atoms with Crippen molar-refractivity contribution in [2.24, 2.45) is 0 Å². The zero-order valence-corrected chi connectivity index (χ0v) is 12.0. The Morgan fingerprint density at radius 2 is 2.29 bits per heavy atom. The van der Waals surface area contributed by atoms with Crippen LogP contribution in [0.1, 0.15) is 12.2 Å². The number of hydrogen-bond acceptors (Lipinski definition) is 2. The lowest BCUT2D eigenvalue weighted by atomic mass is 10.3. The highest BCUT2D eigenvalue weighted by atomic mass is 79.9. The number of nitrogens with zero attached hydrogens (tertiary/aromatic N) is 2. The number of hydrogen-bond donors (Lipinski definition) is 0. The smallest absolute Gasteiger partial charge is 0.124 e. The zero-order chi connectivity index (χ0) is 12.3. The third-order valence-electron chi connectivity index (χ3n) is 2.64. The molecule has 0 atom stereocenters. The van der Waals surface area contributed by atoms with Gasteiger partial charge in [-0.25, -0.2) is 4.98 Å². The molecule has 1 aromatic heterocycles. The van der Waals surface area contributed by atoms with Crippen molar-refractivity contribution in [2.45, 2.75) is 18.8 Å². The summed E-state index contributed by atoms with van der Waals surface area (Å²) in [6.45, 7) is 1.63. The van der Waals surface area contributed by atoms with Crippen molar-refractivity contribution in [2.75, 3.05) is 13.7 Å². The standard InChI is InChI=1S/C12H14BrClN2O/c1-17-6-2-5-16-11-4-3-9(13)7-10(11)15-12(16)8-14/h3-4,7H,2,5-6,8H2,1H3. The molecule has 5 heteroatoms. The van der Waals surface area contributed by atoms with Gasteiger partial charge in [0.05, 0.1) is 16.9 Å². The number of aromatic nitrogens is 2. The summed E-state index contributed by atoms with van der Waals surface area (Å²) in [6, 6.07) is 6.10. The molecule has 1 heterocycles. The molecular weight excluding hydrogens is 304 g/mol. The van der Waals surface area contributed by atoms with Crippen LogP contribution in [-0.4, -0.2) is 23.3 Å². The molecule has 0 radical (unpaired) electrons. The van der Waals surface area contributed by atoms with E-state index in [0.29, 0.717) is 5.88 Å². The molecule has 0 aliphatic heterocycles. The lowest BCUT2D eigenvalue weighted by Crippen LogP contribution is -2.04. The number of benzene rings is 1. The molecule has 92 valence electrons. The van der Waals surface area contributed by atoms with Crippen molar-refractivity contribution < 1.29 is 4.74 Å². The van der Waals surface area contributed by atoms with Crippen LogP contribution in [0.4, 0.5) is 0 Å². The fourth-order valence-corrected chi connectivity index (χ4v) is 2.42. The van der Waals surface area contributed by atoms with Crippen LogP contribution in [-0.2, 0) is 17.2 Å². The van der Waals surface area contributed by atoms with E-state index >= 15 is 0 Å². The van der Waals surface area contributed by atoms with Crippen LogP contribution in [0, 0.1) is 0 Å². The Morgan fingerprint density at radius 1 is 1.47 bits per heavy atom. The second-order valence-electron chi connectivity index (χ2n) is 3.79. The van der Waals surface area contributed by atoms with Crippen molar-refractivity contribution in [3.8, 4) is 0 Å². The van der Waals surface area contributed by atoms with Crippen molar-refractivity contribution >= 4 is 38.6 Å². The van der Waals surface area contributed by atoms with Crippen molar-refractivity contribution in [1.82, 2.24) is 9.55 Å². The van der Waals surface area contributed by atoms with E-state index in [2.05, 4.69) is 31.5 Å². The topological polar surface area (TPSA) is 27.1 Å². The molecule has 0 bridgehead atoms. The van der Waals surface area contributed by atoms with E-state index in [0.717, 1.165) is 40.9 Å². The van der Waals surface area contributed by atoms with E-state index in [1.54, 1.807) is 7.11 Å². The highest BCUT2D eigenvalue weighted by molar-refractivity contribution is 9.10. The van der Waals surface area contributed by atoms with Crippen LogP contribution in [0.2, 0.25) is 0 Å². The van der Waals surface area contributed by atoms with Gasteiger partial charge in [0.1, 0.15) is 5.82 Å². The zero-order valence-electron chi connectivity index (χ0n) is 9.62. The average molecular weight is 318 g/mol. The van der Waals surface area contributed by atoms with Gasteiger partial charge in [-0.15, -0.1) is 11.6 Å². The Bertz CT molecular complexity index is 512. The predicted molar refractivity (Wildman–Crippen MR) is 73.5 cm³/mol. The first-order valence-corrected chi connectivity index (χ1v) is 6.78. The number of ether oxygens (including phenoxy) is 1. The van der Waals surface area contributed by atoms with Gasteiger partial charge in [-0.05, 0) is 24.6 Å². The molecule has 2 aromatic rings. The van der Waals surface area contributed by atoms with E-state index in [9.17, 15) is 0 Å². The van der Waals surface area contributed by atoms with Crippen LogP contribution in [0.15, 0.2) is 22.7 Å². The molecular formula is C12H14BrClN2O. The number of halogens is 2. The summed E-state index contributed by atoms with van der Waals surface area (Å²) in [5.74, 6) is 1.34. The average Bonchev–Trinajstić information content (AvgIpc) is 2.67. The lowest BCUT2D eigenvalue weighted by molar-refractivity contribution is 0.190. The molecule has 2 rings (SSSR count). The highest BCUT2D eigenvalue weighted by Crippen LogP contribution is 2.22. The Kier molecular flexibility index (Phi) is 4.42. The van der Waals surface area contributed by atoms with Crippen molar-refractivity contribution in [3.05, 3.63) is 28.5 Å². The maximum Gasteiger partial charge on any atom is 0.124 e. The van der Waals surface area contributed by atoms with Crippen LogP contribution in [0.25, 0.3) is 11.0 Å². The second kappa shape index (κ2) is 5.85. The summed E-state index contributed by atoms with van der Waals surface area (Å²) in [4.78, 5) is 4.53. The molecule has 0 fully saturated rings. The molecule has 0 spiro atoms. The Hall–Kier alpha value is -0.580. The molecule has 0 aliphatic rings. The van der Waals surface area contributed by atoms with E-state index in [1.807, 2.05) is 12.1 Å². The first kappa shape index (κ1) is 12.9. The van der Waals surface area contributed by atoms with E-state index in [1.165, 1.54) is 0 Å². The van der Waals surface area contributed by atoms with E-state index in [4.69, 9.17) is 16.3 Å². The number of alkyl halides is 1. The minimum absolute atomic E-state index is 0.430. The van der Waals surface area contributed by atoms with Crippen molar-refractivity contribution in [1.29, 1.82) is 0 Å². The highest BCUT2D eigenvalue weighted by Gasteiger charge is 2.09. The van der Waals surface area contributed by atoms with Crippen LogP contribution in [0.3, 0.4) is 0 Å². The van der Waals surface area contributed by atoms with Gasteiger partial charge < -0.3 is 9.30 Å². The lowest BCUT2D eigenvalue weighted by Gasteiger charge is -2.07. The molecule has 0 amide bonds. The van der Waals surface area contributed by atoms with E-state index in [-0.39, 0.29) is 0 Å². The predicted octanol–water partition coefficient (Wildman–Crippen LogP) is 3.57. The van der Waals surface area contributed by atoms with Gasteiger partial charge in [0.2, 0.25) is 0 Å². The first-order chi connectivity index (χ1) is 8.26. The summed E-state index contributed by atoms with van der Waals surface area (Å²) in [7, 11) is 1.71. The number of imidazole rings is 1. The SMILES string of the molecule is COCCCn1c(CCl)nc2cc(Br)ccc21. The fourth-order valence-electron chi connectivity index (χ4n) is 1.87. The summed E-state index contributed by atoms with van der Waals surface area (Å²) in [5, 5.41) is 0. The summed E-state index contributed by atoms with van der Waals surface area (Å²) in [6.07, 6.45) is 0.960. The summed E-state index contributed by atoms with van der Waals surface area (Å²) >= 11 is 9.38. The summed E-state index contributed by atoms with van der Waals surface area (Å²) in [5.41, 5.74) is 2.10. The molecule has 0 saturated carbocycles. The molecule has 0 N–H and O–H groups in total. The largest absolute Gasteiger partial charge is 0.385 e. The maximum absolute atomic E-state index is 5.93. The normalized spacial score (nSPS) is 11.2. The second-order valence-corrected chi connectivity index (χ2v) is 4.98. The van der Waals surface area contributed by atoms with Crippen LogP contribution < -0.4 is 0 Å². The molecule has 17 heavy (non-hydrogen) atoms. The minimum atomic E-state index is 0.430. The molecule has 3 nitrogen and oxygen atoms in total. The third kappa shape index (κ3) is 2.81. The quantitative estimate of drug-likeness (QED) is 0.622. The Labute approximate surface area is 114 Å². The number of aryl methyl sites for hydroxylation is 1. The number of rotatable bonds is 5. The summed E-state index contributed by atoms with van der Waals surface area (Å²) < 4.78 is 8.27. The van der Waals surface area contributed by atoms with Gasteiger partial charge >= 0.3 is 0 Å². The van der Waals surface area contributed by atoms with Gasteiger partial charge in [-0.3, -0.25) is 0 Å². The Balaban J connectivity index is 2.36. The van der Waals surface area contributed by atoms with Gasteiger partial charge in [-0.1, -0.05) is 15.9 Å². The minimum Gasteiger partial charge on any atom is -0.385 e. The molecule has 0 saturated heterocycles. The fraction of sp³-hybridized carbons (Fsp3) is 0.417. The monoisotopic (exact) mass is 316 g/mol.